The quantitative estimate of drug-likeness (QED) is 0.704. The fourth-order valence-corrected chi connectivity index (χ4v) is 5.72. The van der Waals surface area contributed by atoms with Crippen LogP contribution in [0.3, 0.4) is 0 Å². The third kappa shape index (κ3) is 3.37. The average molecular weight is 449 g/mol. The van der Waals surface area contributed by atoms with Crippen LogP contribution in [0.2, 0.25) is 0 Å². The molecule has 2 bridgehead atoms. The minimum Gasteiger partial charge on any atom is -0.479 e. The van der Waals surface area contributed by atoms with Crippen molar-refractivity contribution in [1.82, 2.24) is 10.2 Å². The SMILES string of the molecule is CC(C)[C@@H](NC(=O)OCC1c2ccccc2-c2ccccc21)C(=O)N1CC2CC1(C(=O)O)C2. The van der Waals surface area contributed by atoms with Crippen LogP contribution in [0.4, 0.5) is 4.79 Å². The van der Waals surface area contributed by atoms with Gasteiger partial charge in [-0.05, 0) is 46.9 Å². The molecule has 33 heavy (non-hydrogen) atoms. The lowest BCUT2D eigenvalue weighted by molar-refractivity contribution is -0.159. The van der Waals surface area contributed by atoms with Gasteiger partial charge in [-0.15, -0.1) is 0 Å². The Bertz CT molecular complexity index is 1080. The van der Waals surface area contributed by atoms with E-state index in [1.807, 2.05) is 50.2 Å². The van der Waals surface area contributed by atoms with E-state index < -0.39 is 23.6 Å². The van der Waals surface area contributed by atoms with Crippen LogP contribution in [0.5, 0.6) is 0 Å². The molecule has 7 nitrogen and oxygen atoms in total. The van der Waals surface area contributed by atoms with E-state index in [2.05, 4.69) is 17.4 Å². The number of carboxylic acids is 1. The average Bonchev–Trinajstić information content (AvgIpc) is 3.44. The molecule has 0 unspecified atom stereocenters. The van der Waals surface area contributed by atoms with Crippen LogP contribution in [0.15, 0.2) is 48.5 Å². The van der Waals surface area contributed by atoms with Gasteiger partial charge in [0.05, 0.1) is 0 Å². The number of carbonyl (C=O) groups is 3. The molecule has 2 aromatic carbocycles. The number of nitrogens with zero attached hydrogens (tertiary/aromatic N) is 1. The summed E-state index contributed by atoms with van der Waals surface area (Å²) in [6.07, 6.45) is 0.313. The van der Waals surface area contributed by atoms with Crippen LogP contribution in [0, 0.1) is 11.8 Å². The molecule has 2 saturated heterocycles. The van der Waals surface area contributed by atoms with Gasteiger partial charge in [-0.1, -0.05) is 62.4 Å². The van der Waals surface area contributed by atoms with E-state index in [0.717, 1.165) is 22.3 Å². The van der Waals surface area contributed by atoms with Crippen LogP contribution in [-0.4, -0.2) is 52.7 Å². The maximum Gasteiger partial charge on any atom is 0.407 e. The number of hydrogen-bond acceptors (Lipinski definition) is 4. The molecule has 0 spiro atoms. The molecule has 2 aliphatic heterocycles. The van der Waals surface area contributed by atoms with Crippen molar-refractivity contribution in [2.75, 3.05) is 13.2 Å². The maximum absolute atomic E-state index is 13.2. The van der Waals surface area contributed by atoms with Gasteiger partial charge in [0.25, 0.3) is 0 Å². The minimum atomic E-state index is -1.11. The molecule has 2 amide bonds. The van der Waals surface area contributed by atoms with Gasteiger partial charge >= 0.3 is 12.1 Å². The smallest absolute Gasteiger partial charge is 0.407 e. The molecule has 6 rings (SSSR count). The number of ether oxygens (including phenoxy) is 1. The summed E-state index contributed by atoms with van der Waals surface area (Å²) < 4.78 is 5.61. The normalized spacial score (nSPS) is 23.5. The summed E-state index contributed by atoms with van der Waals surface area (Å²) in [5, 5.41) is 12.4. The monoisotopic (exact) mass is 448 g/mol. The van der Waals surface area contributed by atoms with Gasteiger partial charge in [0.1, 0.15) is 18.2 Å². The van der Waals surface area contributed by atoms with Crippen LogP contribution in [-0.2, 0) is 14.3 Å². The molecule has 172 valence electrons. The first-order valence-corrected chi connectivity index (χ1v) is 11.5. The zero-order valence-electron chi connectivity index (χ0n) is 18.8. The van der Waals surface area contributed by atoms with Gasteiger partial charge in [0, 0.05) is 12.5 Å². The summed E-state index contributed by atoms with van der Waals surface area (Å²) >= 11 is 0. The number of carbonyl (C=O) groups excluding carboxylic acids is 2. The summed E-state index contributed by atoms with van der Waals surface area (Å²) in [4.78, 5) is 39.3. The Balaban J connectivity index is 1.28. The Labute approximate surface area is 192 Å². The number of amides is 2. The van der Waals surface area contributed by atoms with Gasteiger partial charge < -0.3 is 20.1 Å². The molecule has 4 aliphatic rings. The molecule has 2 aromatic rings. The Morgan fingerprint density at radius 3 is 2.18 bits per heavy atom. The number of benzene rings is 2. The summed E-state index contributed by atoms with van der Waals surface area (Å²) in [6, 6.07) is 15.3. The third-order valence-electron chi connectivity index (χ3n) is 7.42. The van der Waals surface area contributed by atoms with Crippen LogP contribution in [0.25, 0.3) is 11.1 Å². The van der Waals surface area contributed by atoms with Gasteiger partial charge in [0.2, 0.25) is 5.91 Å². The highest BCUT2D eigenvalue weighted by Crippen LogP contribution is 2.51. The molecule has 0 aromatic heterocycles. The topological polar surface area (TPSA) is 95.9 Å². The molecular formula is C26H28N2O5. The fourth-order valence-electron chi connectivity index (χ4n) is 5.72. The van der Waals surface area contributed by atoms with E-state index in [4.69, 9.17) is 4.74 Å². The second-order valence-electron chi connectivity index (χ2n) is 9.75. The predicted molar refractivity (Wildman–Crippen MR) is 122 cm³/mol. The lowest BCUT2D eigenvalue weighted by Crippen LogP contribution is -2.59. The highest BCUT2D eigenvalue weighted by atomic mass is 16.5. The minimum absolute atomic E-state index is 0.0718. The van der Waals surface area contributed by atoms with E-state index in [9.17, 15) is 19.5 Å². The van der Waals surface area contributed by atoms with E-state index in [-0.39, 0.29) is 30.3 Å². The lowest BCUT2D eigenvalue weighted by Gasteiger charge is -2.39. The first kappa shape index (κ1) is 21.5. The first-order valence-electron chi connectivity index (χ1n) is 11.5. The summed E-state index contributed by atoms with van der Waals surface area (Å²) in [7, 11) is 0. The van der Waals surface area contributed by atoms with Gasteiger partial charge in [0.15, 0.2) is 0 Å². The van der Waals surface area contributed by atoms with Gasteiger partial charge in [-0.2, -0.15) is 0 Å². The second-order valence-corrected chi connectivity index (χ2v) is 9.75. The second kappa shape index (κ2) is 7.90. The van der Waals surface area contributed by atoms with Crippen LogP contribution in [0.1, 0.15) is 43.7 Å². The number of hydrogen-bond donors (Lipinski definition) is 2. The van der Waals surface area contributed by atoms with E-state index >= 15 is 0 Å². The van der Waals surface area contributed by atoms with Crippen molar-refractivity contribution in [1.29, 1.82) is 0 Å². The number of alkyl carbamates (subject to hydrolysis) is 1. The molecule has 1 saturated carbocycles. The molecular weight excluding hydrogens is 420 g/mol. The summed E-state index contributed by atoms with van der Waals surface area (Å²) in [5.41, 5.74) is 3.40. The van der Waals surface area contributed by atoms with Crippen molar-refractivity contribution in [2.24, 2.45) is 11.8 Å². The van der Waals surface area contributed by atoms with E-state index in [1.165, 1.54) is 4.90 Å². The summed E-state index contributed by atoms with van der Waals surface area (Å²) in [5.74, 6) is -1.36. The Morgan fingerprint density at radius 2 is 1.64 bits per heavy atom. The number of nitrogens with one attached hydrogen (secondary N) is 1. The molecule has 2 aliphatic carbocycles. The largest absolute Gasteiger partial charge is 0.479 e. The van der Waals surface area contributed by atoms with Crippen molar-refractivity contribution >= 4 is 18.0 Å². The molecule has 7 heteroatoms. The maximum atomic E-state index is 13.2. The van der Waals surface area contributed by atoms with Crippen molar-refractivity contribution in [3.8, 4) is 11.1 Å². The number of aliphatic carboxylic acids is 1. The van der Waals surface area contributed by atoms with Crippen molar-refractivity contribution < 1.29 is 24.2 Å². The molecule has 3 fully saturated rings. The van der Waals surface area contributed by atoms with Crippen LogP contribution < -0.4 is 5.32 Å². The Morgan fingerprint density at radius 1 is 1.06 bits per heavy atom. The van der Waals surface area contributed by atoms with E-state index in [1.54, 1.807) is 0 Å². The number of fused-ring (bicyclic) bond motifs is 4. The highest BCUT2D eigenvalue weighted by molar-refractivity contribution is 5.93. The number of rotatable bonds is 6. The fraction of sp³-hybridized carbons (Fsp3) is 0.423. The first-order chi connectivity index (χ1) is 15.8. The van der Waals surface area contributed by atoms with Gasteiger partial charge in [-0.25, -0.2) is 9.59 Å². The third-order valence-corrected chi connectivity index (χ3v) is 7.42. The van der Waals surface area contributed by atoms with Crippen molar-refractivity contribution in [2.45, 2.75) is 44.2 Å². The molecule has 2 heterocycles. The lowest BCUT2D eigenvalue weighted by atomic mass is 9.73. The van der Waals surface area contributed by atoms with Crippen molar-refractivity contribution in [3.63, 3.8) is 0 Å². The molecule has 2 N–H and O–H groups in total. The van der Waals surface area contributed by atoms with E-state index in [0.29, 0.717) is 19.4 Å². The predicted octanol–water partition coefficient (Wildman–Crippen LogP) is 3.63. The Hall–Kier alpha value is -3.35. The molecule has 1 atom stereocenters. The highest BCUT2D eigenvalue weighted by Gasteiger charge is 2.63. The van der Waals surface area contributed by atoms with Crippen LogP contribution >= 0.6 is 0 Å². The molecule has 0 radical (unpaired) electrons. The van der Waals surface area contributed by atoms with Gasteiger partial charge in [-0.3, -0.25) is 4.79 Å². The number of carboxylic acid groups (broad SMARTS) is 1. The zero-order valence-corrected chi connectivity index (χ0v) is 18.8. The zero-order chi connectivity index (χ0) is 23.3. The standard InChI is InChI=1S/C26H28N2O5/c1-15(2)22(23(29)28-13-16-11-26(28,12-16)24(30)31)27-25(32)33-14-21-19-9-5-3-7-17(19)18-8-4-6-10-20(18)21/h3-10,15-16,21-22H,11-14H2,1-2H3,(H,27,32)(H,30,31)/t16?,22-,26?/m1/s1. The summed E-state index contributed by atoms with van der Waals surface area (Å²) in [6.45, 7) is 4.25. The Kier molecular flexibility index (Phi) is 5.15. The van der Waals surface area contributed by atoms with Crippen molar-refractivity contribution in [3.05, 3.63) is 59.7 Å².